The van der Waals surface area contributed by atoms with Crippen molar-refractivity contribution in [2.75, 3.05) is 6.54 Å². The Hall–Kier alpha value is -2.71. The van der Waals surface area contributed by atoms with Gasteiger partial charge < -0.3 is 10.6 Å². The van der Waals surface area contributed by atoms with Crippen molar-refractivity contribution >= 4 is 21.8 Å². The van der Waals surface area contributed by atoms with Gasteiger partial charge in [-0.05, 0) is 68.7 Å². The standard InChI is InChI=1S/C21H27N3O4S/c1-5-22-20(25)16(4)24-21(26)18-9-7-17(8-10-18)13-23-29(27,28)19-11-6-14(2)15(3)12-19/h6-12,16,23H,5,13H2,1-4H3,(H,22,25)(H,24,26)/t16-/m1/s1. The summed E-state index contributed by atoms with van der Waals surface area (Å²) < 4.78 is 27.5. The van der Waals surface area contributed by atoms with E-state index in [9.17, 15) is 18.0 Å². The minimum atomic E-state index is -3.63. The Morgan fingerprint density at radius 3 is 2.24 bits per heavy atom. The Morgan fingerprint density at radius 2 is 1.66 bits per heavy atom. The van der Waals surface area contributed by atoms with E-state index in [1.807, 2.05) is 13.8 Å². The minimum Gasteiger partial charge on any atom is -0.355 e. The van der Waals surface area contributed by atoms with E-state index in [-0.39, 0.29) is 23.3 Å². The maximum Gasteiger partial charge on any atom is 0.251 e. The molecule has 0 bridgehead atoms. The maximum atomic E-state index is 12.5. The number of benzene rings is 2. The van der Waals surface area contributed by atoms with E-state index in [4.69, 9.17) is 0 Å². The summed E-state index contributed by atoms with van der Waals surface area (Å²) >= 11 is 0. The molecule has 0 aliphatic rings. The summed E-state index contributed by atoms with van der Waals surface area (Å²) in [5.41, 5.74) is 3.04. The van der Waals surface area contributed by atoms with E-state index < -0.39 is 16.1 Å². The third-order valence-electron chi connectivity index (χ3n) is 4.56. The fourth-order valence-electron chi connectivity index (χ4n) is 2.59. The SMILES string of the molecule is CCNC(=O)[C@@H](C)NC(=O)c1ccc(CNS(=O)(=O)c2ccc(C)c(C)c2)cc1. The van der Waals surface area contributed by atoms with Crippen molar-refractivity contribution in [1.82, 2.24) is 15.4 Å². The van der Waals surface area contributed by atoms with Crippen LogP contribution < -0.4 is 15.4 Å². The third-order valence-corrected chi connectivity index (χ3v) is 5.96. The number of hydrogen-bond donors (Lipinski definition) is 3. The van der Waals surface area contributed by atoms with Crippen LogP contribution in [0.25, 0.3) is 0 Å². The summed E-state index contributed by atoms with van der Waals surface area (Å²) in [4.78, 5) is 24.2. The van der Waals surface area contributed by atoms with Gasteiger partial charge in [0, 0.05) is 18.7 Å². The molecule has 0 aliphatic carbocycles. The molecule has 0 heterocycles. The number of rotatable bonds is 8. The van der Waals surface area contributed by atoms with Crippen molar-refractivity contribution in [3.05, 3.63) is 64.7 Å². The summed E-state index contributed by atoms with van der Waals surface area (Å²) in [6.45, 7) is 7.80. The van der Waals surface area contributed by atoms with Gasteiger partial charge in [0.2, 0.25) is 15.9 Å². The first-order valence-corrected chi connectivity index (χ1v) is 10.9. The van der Waals surface area contributed by atoms with E-state index in [1.165, 1.54) is 0 Å². The van der Waals surface area contributed by atoms with Crippen LogP contribution in [-0.4, -0.2) is 32.8 Å². The molecular formula is C21H27N3O4S. The van der Waals surface area contributed by atoms with Gasteiger partial charge in [0.05, 0.1) is 4.90 Å². The molecule has 0 aromatic heterocycles. The first-order chi connectivity index (χ1) is 13.6. The molecule has 2 amide bonds. The second-order valence-corrected chi connectivity index (χ2v) is 8.62. The number of amides is 2. The van der Waals surface area contributed by atoms with Gasteiger partial charge in [-0.1, -0.05) is 18.2 Å². The van der Waals surface area contributed by atoms with Crippen molar-refractivity contribution in [2.45, 2.75) is 45.2 Å². The lowest BCUT2D eigenvalue weighted by Crippen LogP contribution is -2.44. The number of sulfonamides is 1. The normalized spacial score (nSPS) is 12.3. The van der Waals surface area contributed by atoms with Crippen molar-refractivity contribution in [1.29, 1.82) is 0 Å². The smallest absolute Gasteiger partial charge is 0.251 e. The number of likely N-dealkylation sites (N-methyl/N-ethyl adjacent to an activating group) is 1. The summed E-state index contributed by atoms with van der Waals surface area (Å²) in [6.07, 6.45) is 0. The number of hydrogen-bond acceptors (Lipinski definition) is 4. The van der Waals surface area contributed by atoms with Crippen LogP contribution in [0.15, 0.2) is 47.4 Å². The van der Waals surface area contributed by atoms with Crippen LogP contribution in [0.4, 0.5) is 0 Å². The summed E-state index contributed by atoms with van der Waals surface area (Å²) in [5, 5.41) is 5.27. The fraction of sp³-hybridized carbons (Fsp3) is 0.333. The maximum absolute atomic E-state index is 12.5. The fourth-order valence-corrected chi connectivity index (χ4v) is 3.69. The predicted molar refractivity (Wildman–Crippen MR) is 112 cm³/mol. The van der Waals surface area contributed by atoms with Gasteiger partial charge in [-0.2, -0.15) is 0 Å². The van der Waals surface area contributed by atoms with Crippen molar-refractivity contribution in [3.63, 3.8) is 0 Å². The number of carbonyl (C=O) groups excluding carboxylic acids is 2. The van der Waals surface area contributed by atoms with Crippen LogP contribution in [0.3, 0.4) is 0 Å². The van der Waals surface area contributed by atoms with Crippen LogP contribution >= 0.6 is 0 Å². The van der Waals surface area contributed by atoms with Gasteiger partial charge in [-0.15, -0.1) is 0 Å². The molecule has 2 aromatic carbocycles. The van der Waals surface area contributed by atoms with E-state index in [1.54, 1.807) is 56.3 Å². The molecule has 1 atom stereocenters. The van der Waals surface area contributed by atoms with Crippen molar-refractivity contribution in [2.24, 2.45) is 0 Å². The molecule has 0 unspecified atom stereocenters. The number of nitrogens with one attached hydrogen (secondary N) is 3. The third kappa shape index (κ3) is 6.13. The molecule has 2 rings (SSSR count). The number of aryl methyl sites for hydroxylation is 2. The molecule has 3 N–H and O–H groups in total. The second kappa shape index (κ2) is 9.67. The lowest BCUT2D eigenvalue weighted by atomic mass is 10.1. The predicted octanol–water partition coefficient (Wildman–Crippen LogP) is 2.04. The highest BCUT2D eigenvalue weighted by atomic mass is 32.2. The van der Waals surface area contributed by atoms with E-state index in [0.717, 1.165) is 11.1 Å². The topological polar surface area (TPSA) is 104 Å². The van der Waals surface area contributed by atoms with Gasteiger partial charge in [0.15, 0.2) is 0 Å². The van der Waals surface area contributed by atoms with Crippen molar-refractivity contribution < 1.29 is 18.0 Å². The molecule has 0 spiro atoms. The van der Waals surface area contributed by atoms with Gasteiger partial charge in [0.25, 0.3) is 5.91 Å². The molecule has 0 saturated carbocycles. The lowest BCUT2D eigenvalue weighted by molar-refractivity contribution is -0.122. The molecule has 0 radical (unpaired) electrons. The highest BCUT2D eigenvalue weighted by molar-refractivity contribution is 7.89. The van der Waals surface area contributed by atoms with Gasteiger partial charge >= 0.3 is 0 Å². The Balaban J connectivity index is 1.99. The van der Waals surface area contributed by atoms with E-state index >= 15 is 0 Å². The zero-order valence-electron chi connectivity index (χ0n) is 17.1. The van der Waals surface area contributed by atoms with Crippen LogP contribution in [0.1, 0.15) is 40.9 Å². The van der Waals surface area contributed by atoms with Crippen LogP contribution in [0.2, 0.25) is 0 Å². The Morgan fingerprint density at radius 1 is 1.00 bits per heavy atom. The van der Waals surface area contributed by atoms with E-state index in [0.29, 0.717) is 17.7 Å². The molecule has 29 heavy (non-hydrogen) atoms. The summed E-state index contributed by atoms with van der Waals surface area (Å²) in [6, 6.07) is 10.9. The number of carbonyl (C=O) groups is 2. The highest BCUT2D eigenvalue weighted by Gasteiger charge is 2.17. The quantitative estimate of drug-likeness (QED) is 0.611. The van der Waals surface area contributed by atoms with E-state index in [2.05, 4.69) is 15.4 Å². The monoisotopic (exact) mass is 417 g/mol. The first-order valence-electron chi connectivity index (χ1n) is 9.38. The summed E-state index contributed by atoms with van der Waals surface area (Å²) in [5.74, 6) is -0.621. The zero-order chi connectivity index (χ0) is 21.6. The lowest BCUT2D eigenvalue weighted by Gasteiger charge is -2.13. The molecule has 7 nitrogen and oxygen atoms in total. The van der Waals surface area contributed by atoms with Crippen LogP contribution in [0, 0.1) is 13.8 Å². The minimum absolute atomic E-state index is 0.104. The molecule has 0 saturated heterocycles. The second-order valence-electron chi connectivity index (χ2n) is 6.86. The average Bonchev–Trinajstić information content (AvgIpc) is 2.69. The Labute approximate surface area is 172 Å². The zero-order valence-corrected chi connectivity index (χ0v) is 17.9. The largest absolute Gasteiger partial charge is 0.355 e. The van der Waals surface area contributed by atoms with Crippen LogP contribution in [0.5, 0.6) is 0 Å². The Bertz CT molecular complexity index is 985. The van der Waals surface area contributed by atoms with Gasteiger partial charge in [-0.25, -0.2) is 13.1 Å². The van der Waals surface area contributed by atoms with Crippen molar-refractivity contribution in [3.8, 4) is 0 Å². The molecule has 0 fully saturated rings. The van der Waals surface area contributed by atoms with Gasteiger partial charge in [-0.3, -0.25) is 9.59 Å². The van der Waals surface area contributed by atoms with Crippen LogP contribution in [-0.2, 0) is 21.4 Å². The molecule has 156 valence electrons. The molecule has 0 aliphatic heterocycles. The Kier molecular flexibility index (Phi) is 7.53. The average molecular weight is 418 g/mol. The molecular weight excluding hydrogens is 390 g/mol. The highest BCUT2D eigenvalue weighted by Crippen LogP contribution is 2.15. The molecule has 2 aromatic rings. The molecule has 8 heteroatoms. The van der Waals surface area contributed by atoms with Gasteiger partial charge in [0.1, 0.15) is 6.04 Å². The summed E-state index contributed by atoms with van der Waals surface area (Å²) in [7, 11) is -3.63. The first kappa shape index (κ1) is 22.6.